The van der Waals surface area contributed by atoms with Crippen LogP contribution in [-0.4, -0.2) is 4.98 Å². The van der Waals surface area contributed by atoms with Crippen molar-refractivity contribution in [2.45, 2.75) is 13.5 Å². The van der Waals surface area contributed by atoms with Crippen molar-refractivity contribution in [2.24, 2.45) is 5.73 Å². The fraction of sp³-hybridized carbons (Fsp3) is 0.154. The summed E-state index contributed by atoms with van der Waals surface area (Å²) >= 11 is 0. The number of hydrogen-bond acceptors (Lipinski definition) is 3. The number of pyridine rings is 1. The first-order valence-electron chi connectivity index (χ1n) is 5.28. The predicted molar refractivity (Wildman–Crippen MR) is 63.3 cm³/mol. The topological polar surface area (TPSA) is 48.1 Å². The normalized spacial score (nSPS) is 10.3. The number of nitrogens with two attached hydrogens (primary N) is 1. The Morgan fingerprint density at radius 1 is 1.29 bits per heavy atom. The minimum Gasteiger partial charge on any atom is -0.455 e. The van der Waals surface area contributed by atoms with Gasteiger partial charge in [-0.1, -0.05) is 0 Å². The fourth-order valence-corrected chi connectivity index (χ4v) is 1.52. The number of halogens is 1. The molecular weight excluding hydrogens is 219 g/mol. The molecule has 2 rings (SSSR count). The average Bonchev–Trinajstić information content (AvgIpc) is 2.33. The maximum Gasteiger partial charge on any atom is 0.150 e. The number of hydrogen-bond donors (Lipinski definition) is 1. The Balaban J connectivity index is 2.31. The van der Waals surface area contributed by atoms with Crippen LogP contribution in [0.5, 0.6) is 11.5 Å². The van der Waals surface area contributed by atoms with Crippen LogP contribution < -0.4 is 10.5 Å². The van der Waals surface area contributed by atoms with Crippen LogP contribution in [0.2, 0.25) is 0 Å². The molecular formula is C13H13FN2O. The van der Waals surface area contributed by atoms with E-state index in [1.807, 2.05) is 0 Å². The number of aromatic nitrogens is 1. The van der Waals surface area contributed by atoms with Gasteiger partial charge in [0.25, 0.3) is 0 Å². The van der Waals surface area contributed by atoms with Gasteiger partial charge in [0, 0.05) is 12.7 Å². The van der Waals surface area contributed by atoms with E-state index in [9.17, 15) is 4.39 Å². The largest absolute Gasteiger partial charge is 0.455 e. The lowest BCUT2D eigenvalue weighted by Gasteiger charge is -2.10. The van der Waals surface area contributed by atoms with Crippen LogP contribution in [-0.2, 0) is 6.54 Å². The van der Waals surface area contributed by atoms with E-state index in [0.29, 0.717) is 23.7 Å². The van der Waals surface area contributed by atoms with Crippen molar-refractivity contribution in [3.05, 3.63) is 53.6 Å². The molecule has 0 fully saturated rings. The Labute approximate surface area is 99.1 Å². The van der Waals surface area contributed by atoms with Crippen molar-refractivity contribution in [3.63, 3.8) is 0 Å². The summed E-state index contributed by atoms with van der Waals surface area (Å²) in [5.74, 6) is 0.930. The summed E-state index contributed by atoms with van der Waals surface area (Å²) in [7, 11) is 0. The quantitative estimate of drug-likeness (QED) is 0.885. The SMILES string of the molecule is Cc1cc(F)ccc1Oc1cccnc1CN. The van der Waals surface area contributed by atoms with Gasteiger partial charge < -0.3 is 10.5 Å². The first kappa shape index (κ1) is 11.5. The van der Waals surface area contributed by atoms with Gasteiger partial charge in [0.2, 0.25) is 0 Å². The number of nitrogens with zero attached hydrogens (tertiary/aromatic N) is 1. The van der Waals surface area contributed by atoms with Gasteiger partial charge in [-0.2, -0.15) is 0 Å². The molecule has 0 bridgehead atoms. The van der Waals surface area contributed by atoms with Crippen molar-refractivity contribution >= 4 is 0 Å². The van der Waals surface area contributed by atoms with E-state index in [1.54, 1.807) is 31.3 Å². The summed E-state index contributed by atoms with van der Waals surface area (Å²) in [5.41, 5.74) is 6.97. The van der Waals surface area contributed by atoms with Crippen LogP contribution >= 0.6 is 0 Å². The van der Waals surface area contributed by atoms with Gasteiger partial charge in [-0.25, -0.2) is 4.39 Å². The van der Waals surface area contributed by atoms with Crippen LogP contribution in [0.25, 0.3) is 0 Å². The monoisotopic (exact) mass is 232 g/mol. The second-order valence-electron chi connectivity index (χ2n) is 3.66. The van der Waals surface area contributed by atoms with E-state index in [1.165, 1.54) is 12.1 Å². The molecule has 17 heavy (non-hydrogen) atoms. The number of benzene rings is 1. The molecule has 0 saturated heterocycles. The number of rotatable bonds is 3. The minimum absolute atomic E-state index is 0.278. The first-order valence-corrected chi connectivity index (χ1v) is 5.28. The zero-order chi connectivity index (χ0) is 12.3. The van der Waals surface area contributed by atoms with Crippen molar-refractivity contribution in [2.75, 3.05) is 0 Å². The van der Waals surface area contributed by atoms with Gasteiger partial charge in [-0.05, 0) is 42.8 Å². The van der Waals surface area contributed by atoms with Crippen molar-refractivity contribution in [1.82, 2.24) is 4.98 Å². The molecule has 1 aromatic heterocycles. The van der Waals surface area contributed by atoms with Gasteiger partial charge in [0.1, 0.15) is 17.3 Å². The van der Waals surface area contributed by atoms with Crippen LogP contribution in [0.15, 0.2) is 36.5 Å². The lowest BCUT2D eigenvalue weighted by molar-refractivity contribution is 0.467. The van der Waals surface area contributed by atoms with Gasteiger partial charge in [-0.15, -0.1) is 0 Å². The highest BCUT2D eigenvalue weighted by molar-refractivity contribution is 5.38. The molecule has 2 N–H and O–H groups in total. The van der Waals surface area contributed by atoms with Crippen LogP contribution in [0.4, 0.5) is 4.39 Å². The molecule has 0 aliphatic carbocycles. The van der Waals surface area contributed by atoms with E-state index >= 15 is 0 Å². The van der Waals surface area contributed by atoms with Gasteiger partial charge in [0.05, 0.1) is 5.69 Å². The van der Waals surface area contributed by atoms with E-state index in [2.05, 4.69) is 4.98 Å². The smallest absolute Gasteiger partial charge is 0.150 e. The van der Waals surface area contributed by atoms with E-state index in [4.69, 9.17) is 10.5 Å². The summed E-state index contributed by atoms with van der Waals surface area (Å²) in [4.78, 5) is 4.12. The van der Waals surface area contributed by atoms with Crippen LogP contribution in [0.1, 0.15) is 11.3 Å². The Bertz CT molecular complexity index is 529. The summed E-state index contributed by atoms with van der Waals surface area (Å²) in [6.07, 6.45) is 1.66. The van der Waals surface area contributed by atoms with Crippen molar-refractivity contribution < 1.29 is 9.13 Å². The zero-order valence-electron chi connectivity index (χ0n) is 9.48. The highest BCUT2D eigenvalue weighted by Gasteiger charge is 2.06. The summed E-state index contributed by atoms with van der Waals surface area (Å²) in [6, 6.07) is 7.94. The van der Waals surface area contributed by atoms with Crippen LogP contribution in [0, 0.1) is 12.7 Å². The fourth-order valence-electron chi connectivity index (χ4n) is 1.52. The molecule has 0 spiro atoms. The Hall–Kier alpha value is -1.94. The first-order chi connectivity index (χ1) is 8.20. The molecule has 1 heterocycles. The molecule has 0 radical (unpaired) electrons. The van der Waals surface area contributed by atoms with E-state index < -0.39 is 0 Å². The Kier molecular flexibility index (Phi) is 3.35. The zero-order valence-corrected chi connectivity index (χ0v) is 9.48. The lowest BCUT2D eigenvalue weighted by atomic mass is 10.2. The van der Waals surface area contributed by atoms with Gasteiger partial charge in [0.15, 0.2) is 0 Å². The molecule has 0 amide bonds. The molecule has 0 saturated carbocycles. The molecule has 1 aromatic carbocycles. The standard InChI is InChI=1S/C13H13FN2O/c1-9-7-10(14)4-5-12(9)17-13-3-2-6-16-11(13)8-15/h2-7H,8,15H2,1H3. The molecule has 0 aliphatic rings. The van der Waals surface area contributed by atoms with Gasteiger partial charge in [-0.3, -0.25) is 4.98 Å². The molecule has 2 aromatic rings. The second kappa shape index (κ2) is 4.93. The number of ether oxygens (including phenoxy) is 1. The third-order valence-corrected chi connectivity index (χ3v) is 2.40. The molecule has 4 heteroatoms. The van der Waals surface area contributed by atoms with Crippen molar-refractivity contribution in [3.8, 4) is 11.5 Å². The second-order valence-corrected chi connectivity index (χ2v) is 3.66. The molecule has 3 nitrogen and oxygen atoms in total. The average molecular weight is 232 g/mol. The molecule has 0 unspecified atom stereocenters. The Morgan fingerprint density at radius 2 is 2.12 bits per heavy atom. The molecule has 0 atom stereocenters. The van der Waals surface area contributed by atoms with Gasteiger partial charge >= 0.3 is 0 Å². The third kappa shape index (κ3) is 2.60. The maximum atomic E-state index is 12.9. The predicted octanol–water partition coefficient (Wildman–Crippen LogP) is 2.78. The molecule has 88 valence electrons. The summed E-state index contributed by atoms with van der Waals surface area (Å²) < 4.78 is 18.6. The van der Waals surface area contributed by atoms with E-state index in [0.717, 1.165) is 5.56 Å². The summed E-state index contributed by atoms with van der Waals surface area (Å²) in [6.45, 7) is 2.09. The lowest BCUT2D eigenvalue weighted by Crippen LogP contribution is -2.02. The number of aryl methyl sites for hydroxylation is 1. The van der Waals surface area contributed by atoms with E-state index in [-0.39, 0.29) is 5.82 Å². The molecule has 0 aliphatic heterocycles. The Morgan fingerprint density at radius 3 is 2.82 bits per heavy atom. The minimum atomic E-state index is -0.278. The highest BCUT2D eigenvalue weighted by atomic mass is 19.1. The third-order valence-electron chi connectivity index (χ3n) is 2.40. The highest BCUT2D eigenvalue weighted by Crippen LogP contribution is 2.26. The van der Waals surface area contributed by atoms with Crippen LogP contribution in [0.3, 0.4) is 0 Å². The maximum absolute atomic E-state index is 12.9. The summed E-state index contributed by atoms with van der Waals surface area (Å²) in [5, 5.41) is 0. The van der Waals surface area contributed by atoms with Crippen molar-refractivity contribution in [1.29, 1.82) is 0 Å².